The van der Waals surface area contributed by atoms with Crippen LogP contribution in [0.1, 0.15) is 221 Å². The van der Waals surface area contributed by atoms with E-state index in [1.54, 1.807) is 0 Å². The number of aromatic nitrogens is 12. The first-order chi connectivity index (χ1) is 41.2. The fourth-order valence-electron chi connectivity index (χ4n) is 14.5. The molecular weight excluding hydrogens is 1080 g/mol. The van der Waals surface area contributed by atoms with Crippen LogP contribution in [0.5, 0.6) is 23.0 Å². The van der Waals surface area contributed by atoms with Crippen molar-refractivity contribution in [3.63, 3.8) is 0 Å². The van der Waals surface area contributed by atoms with Gasteiger partial charge in [-0.3, -0.25) is 0 Å². The second-order valence-corrected chi connectivity index (χ2v) is 27.7. The molecule has 4 aliphatic heterocycles. The van der Waals surface area contributed by atoms with E-state index >= 15 is 0 Å². The molecule has 86 heavy (non-hydrogen) atoms. The first-order valence-electron chi connectivity index (χ1n) is 32.6. The van der Waals surface area contributed by atoms with Crippen molar-refractivity contribution in [3.05, 3.63) is 71.8 Å². The van der Waals surface area contributed by atoms with Crippen LogP contribution in [0.3, 0.4) is 0 Å². The zero-order chi connectivity index (χ0) is 60.3. The second-order valence-electron chi connectivity index (χ2n) is 27.7. The van der Waals surface area contributed by atoms with E-state index in [-0.39, 0.29) is 6.10 Å². The fraction of sp³-hybridized carbons (Fsp3) is 0.636. The summed E-state index contributed by atoms with van der Waals surface area (Å²) in [4.78, 5) is 29.5. The number of rotatable bonds is 8. The van der Waals surface area contributed by atoms with Gasteiger partial charge >= 0.3 is 0 Å². The maximum absolute atomic E-state index is 6.33. The van der Waals surface area contributed by atoms with Gasteiger partial charge in [-0.1, -0.05) is 61.8 Å². The van der Waals surface area contributed by atoms with Gasteiger partial charge in [-0.25, -0.2) is 38.0 Å². The summed E-state index contributed by atoms with van der Waals surface area (Å²) in [7, 11) is 0. The van der Waals surface area contributed by atoms with E-state index < -0.39 is 0 Å². The topological polar surface area (TPSA) is 171 Å². The predicted octanol–water partition coefficient (Wildman–Crippen LogP) is 12.7. The van der Waals surface area contributed by atoms with Crippen molar-refractivity contribution in [1.29, 1.82) is 0 Å². The molecule has 0 N–H and O–H groups in total. The minimum absolute atomic E-state index is 0.290. The van der Waals surface area contributed by atoms with Gasteiger partial charge in [0, 0.05) is 52.8 Å². The van der Waals surface area contributed by atoms with Crippen molar-refractivity contribution >= 4 is 45.9 Å². The lowest BCUT2D eigenvalue weighted by atomic mass is 9.85. The summed E-state index contributed by atoms with van der Waals surface area (Å²) in [6.07, 6.45) is 28.9. The van der Waals surface area contributed by atoms with E-state index in [4.69, 9.17) is 38.9 Å². The normalized spacial score (nSPS) is 24.0. The summed E-state index contributed by atoms with van der Waals surface area (Å²) < 4.78 is 32.1. The van der Waals surface area contributed by atoms with E-state index in [0.29, 0.717) is 90.3 Å². The van der Waals surface area contributed by atoms with Crippen molar-refractivity contribution in [3.8, 4) is 23.0 Å². The molecule has 20 heteroatoms. The van der Waals surface area contributed by atoms with Crippen molar-refractivity contribution in [2.24, 2.45) is 0 Å². The predicted molar refractivity (Wildman–Crippen MR) is 338 cm³/mol. The SMILES string of the molecule is CC(C)c1cnn2cc3c(nc12)N(C(C)C)C1CC1O3.CC(C)c1cnn2cc3c(nc12)N(C(C)C)C1CCC1O3.CC(C)c1cnn2cc3c(nc12)N(C(C)C)C1CCCC1O3.CC(C)c1cnn2cc3c(nc12)N(C(C)C)C1CCCCC1O3. The summed E-state index contributed by atoms with van der Waals surface area (Å²) in [6, 6.07) is 3.62. The average Bonchev–Trinajstić information content (AvgIpc) is 1.85. The third kappa shape index (κ3) is 10.1. The van der Waals surface area contributed by atoms with Crippen LogP contribution in [0.4, 0.5) is 23.3 Å². The molecule has 4 aliphatic carbocycles. The molecule has 16 rings (SSSR count). The molecule has 4 saturated carbocycles. The number of ether oxygens (including phenoxy) is 4. The summed E-state index contributed by atoms with van der Waals surface area (Å²) in [5, 5.41) is 17.8. The van der Waals surface area contributed by atoms with Crippen LogP contribution >= 0.6 is 0 Å². The van der Waals surface area contributed by atoms with Crippen LogP contribution in [-0.4, -0.2) is 131 Å². The molecule has 8 aromatic heterocycles. The molecule has 12 heterocycles. The first kappa shape index (κ1) is 57.9. The van der Waals surface area contributed by atoms with Gasteiger partial charge in [0.05, 0.1) is 73.7 Å². The van der Waals surface area contributed by atoms with Crippen molar-refractivity contribution in [1.82, 2.24) is 58.4 Å². The van der Waals surface area contributed by atoms with Crippen LogP contribution in [0.2, 0.25) is 0 Å². The zero-order valence-electron chi connectivity index (χ0n) is 53.7. The van der Waals surface area contributed by atoms with Crippen LogP contribution in [0.15, 0.2) is 49.6 Å². The van der Waals surface area contributed by atoms with Crippen LogP contribution in [-0.2, 0) is 0 Å². The highest BCUT2D eigenvalue weighted by Gasteiger charge is 2.51. The number of nitrogens with zero attached hydrogens (tertiary/aromatic N) is 16. The number of anilines is 4. The summed E-state index contributed by atoms with van der Waals surface area (Å²) in [5.41, 5.74) is 8.60. The van der Waals surface area contributed by atoms with Crippen LogP contribution in [0, 0.1) is 0 Å². The lowest BCUT2D eigenvalue weighted by molar-refractivity contribution is 0.0689. The Bertz CT molecular complexity index is 3760. The largest absolute Gasteiger partial charge is 0.483 e. The summed E-state index contributed by atoms with van der Waals surface area (Å²) in [5.74, 6) is 9.12. The lowest BCUT2D eigenvalue weighted by Crippen LogP contribution is -2.58. The molecule has 8 aromatic rings. The van der Waals surface area contributed by atoms with E-state index in [2.05, 4.69) is 151 Å². The van der Waals surface area contributed by atoms with Crippen molar-refractivity contribution < 1.29 is 18.9 Å². The monoisotopic (exact) mass is 1170 g/mol. The number of hydrogen-bond acceptors (Lipinski definition) is 16. The molecule has 8 atom stereocenters. The number of fused-ring (bicyclic) bond motifs is 12. The Labute approximate surface area is 506 Å². The van der Waals surface area contributed by atoms with Gasteiger partial charge in [0.15, 0.2) is 68.9 Å². The standard InChI is InChI=1S/C18H26N4O.C17H24N4O.C16H22N4O.C15H20N4O/c1-11(2)13-9-19-21-10-16-18(20-17(13)21)22(12(3)4)14-7-5-6-8-15(14)23-16;1-10(2)12-8-18-20-9-15-17(19-16(12)20)21(11(3)4)13-6-5-7-14(13)22-15;1-9(2)11-7-17-19-8-14-16(18-15(11)19)20(10(3)4)12-5-6-13(12)21-14;1-8(2)10-6-16-18-7-13-15(17-14(10)18)19(9(3)4)11-5-12(11)20-13/h9-12,14-15H,5-8H2,1-4H3;8-11,13-14H,5-7H2,1-4H3;7-10,12-13H,5-6H2,1-4H3;6-9,11-12H,5H2,1-4H3. The Morgan fingerprint density at radius 2 is 0.605 bits per heavy atom. The minimum atomic E-state index is 0.290. The van der Waals surface area contributed by atoms with Crippen LogP contribution < -0.4 is 38.5 Å². The highest BCUT2D eigenvalue weighted by molar-refractivity contribution is 5.67. The van der Waals surface area contributed by atoms with E-state index in [9.17, 15) is 0 Å². The molecule has 0 aromatic carbocycles. The average molecular weight is 1170 g/mol. The first-order valence-corrected chi connectivity index (χ1v) is 32.6. The van der Waals surface area contributed by atoms with Gasteiger partial charge in [-0.05, 0) is 130 Å². The smallest absolute Gasteiger partial charge is 0.180 e. The Morgan fingerprint density at radius 3 is 0.919 bits per heavy atom. The molecule has 0 radical (unpaired) electrons. The molecule has 20 nitrogen and oxygen atoms in total. The highest BCUT2D eigenvalue weighted by atomic mass is 16.5. The maximum Gasteiger partial charge on any atom is 0.180 e. The summed E-state index contributed by atoms with van der Waals surface area (Å²) in [6.45, 7) is 35.3. The van der Waals surface area contributed by atoms with Crippen molar-refractivity contribution in [2.45, 2.75) is 271 Å². The summed E-state index contributed by atoms with van der Waals surface area (Å²) >= 11 is 0. The minimum Gasteiger partial charge on any atom is -0.483 e. The molecule has 0 amide bonds. The fourth-order valence-corrected chi connectivity index (χ4v) is 14.5. The second kappa shape index (κ2) is 22.5. The number of hydrogen-bond donors (Lipinski definition) is 0. The molecule has 0 spiro atoms. The van der Waals surface area contributed by atoms with Gasteiger partial charge in [0.2, 0.25) is 0 Å². The van der Waals surface area contributed by atoms with Crippen LogP contribution in [0.25, 0.3) is 22.6 Å². The quantitative estimate of drug-likeness (QED) is 0.141. The Kier molecular flexibility index (Phi) is 15.2. The molecule has 8 unspecified atom stereocenters. The molecule has 460 valence electrons. The Balaban J connectivity index is 0.000000106. The van der Waals surface area contributed by atoms with E-state index in [1.165, 1.54) is 60.8 Å². The Hall–Kier alpha value is -7.12. The van der Waals surface area contributed by atoms with Gasteiger partial charge in [0.25, 0.3) is 0 Å². The van der Waals surface area contributed by atoms with Crippen molar-refractivity contribution in [2.75, 3.05) is 19.6 Å². The molecule has 8 aliphatic rings. The molecular formula is C66H92N16O4. The van der Waals surface area contributed by atoms with E-state index in [0.717, 1.165) is 94.5 Å². The lowest BCUT2D eigenvalue weighted by Gasteiger charge is -2.50. The third-order valence-electron chi connectivity index (χ3n) is 19.1. The third-order valence-corrected chi connectivity index (χ3v) is 19.1. The van der Waals surface area contributed by atoms with Gasteiger partial charge in [0.1, 0.15) is 24.4 Å². The zero-order valence-corrected chi connectivity index (χ0v) is 53.7. The van der Waals surface area contributed by atoms with Gasteiger partial charge in [-0.15, -0.1) is 0 Å². The van der Waals surface area contributed by atoms with E-state index in [1.807, 2.05) is 67.6 Å². The van der Waals surface area contributed by atoms with Gasteiger partial charge in [-0.2, -0.15) is 20.4 Å². The van der Waals surface area contributed by atoms with Gasteiger partial charge < -0.3 is 38.5 Å². The Morgan fingerprint density at radius 1 is 0.326 bits per heavy atom. The molecule has 0 bridgehead atoms. The highest BCUT2D eigenvalue weighted by Crippen LogP contribution is 2.48. The molecule has 4 fully saturated rings. The molecule has 0 saturated heterocycles. The maximum atomic E-state index is 6.33.